The fraction of sp³-hybridized carbons (Fsp3) is 0.214. The molecule has 0 saturated carbocycles. The summed E-state index contributed by atoms with van der Waals surface area (Å²) in [6, 6.07) is 11.7. The lowest BCUT2D eigenvalue weighted by Crippen LogP contribution is -2.22. The van der Waals surface area contributed by atoms with Crippen LogP contribution in [0.1, 0.15) is 18.4 Å². The number of terminal acetylenes is 2. The van der Waals surface area contributed by atoms with E-state index in [1.165, 1.54) is 0 Å². The lowest BCUT2D eigenvalue weighted by atomic mass is 9.77. The highest BCUT2D eigenvalue weighted by atomic mass is 14.4. The maximum atomic E-state index is 9.25. The van der Waals surface area contributed by atoms with Crippen LogP contribution in [0.5, 0.6) is 0 Å². The molecule has 0 aromatic heterocycles. The van der Waals surface area contributed by atoms with E-state index in [1.807, 2.05) is 30.3 Å². The molecule has 1 aromatic carbocycles. The van der Waals surface area contributed by atoms with Crippen molar-refractivity contribution in [3.8, 4) is 30.8 Å². The zero-order valence-corrected chi connectivity index (χ0v) is 8.40. The van der Waals surface area contributed by atoms with E-state index in [4.69, 9.17) is 12.8 Å². The lowest BCUT2D eigenvalue weighted by molar-refractivity contribution is 0.584. The highest BCUT2D eigenvalue weighted by molar-refractivity contribution is 5.36. The van der Waals surface area contributed by atoms with Gasteiger partial charge in [-0.3, -0.25) is 0 Å². The van der Waals surface area contributed by atoms with E-state index in [-0.39, 0.29) is 0 Å². The van der Waals surface area contributed by atoms with Gasteiger partial charge < -0.3 is 0 Å². The normalized spacial score (nSPS) is 9.67. The Morgan fingerprint density at radius 2 is 1.60 bits per heavy atom. The number of nitriles is 1. The summed E-state index contributed by atoms with van der Waals surface area (Å²) in [5.74, 6) is 5.05. The van der Waals surface area contributed by atoms with Gasteiger partial charge in [-0.05, 0) is 5.56 Å². The largest absolute Gasteiger partial charge is 0.197 e. The van der Waals surface area contributed by atoms with Crippen LogP contribution in [0.3, 0.4) is 0 Å². The Hall–Kier alpha value is -2.17. The molecular weight excluding hydrogens is 182 g/mol. The van der Waals surface area contributed by atoms with E-state index in [2.05, 4.69) is 17.9 Å². The van der Waals surface area contributed by atoms with Crippen molar-refractivity contribution in [1.29, 1.82) is 5.26 Å². The minimum absolute atomic E-state index is 0.345. The number of nitrogens with zero attached hydrogens (tertiary/aromatic N) is 1. The van der Waals surface area contributed by atoms with Crippen LogP contribution in [0, 0.1) is 36.0 Å². The van der Waals surface area contributed by atoms with Crippen LogP contribution >= 0.6 is 0 Å². The van der Waals surface area contributed by atoms with Crippen molar-refractivity contribution in [2.75, 3.05) is 0 Å². The molecular formula is C14H11N. The van der Waals surface area contributed by atoms with Crippen LogP contribution in [0.25, 0.3) is 0 Å². The monoisotopic (exact) mass is 193 g/mol. The van der Waals surface area contributed by atoms with Crippen LogP contribution in [0.4, 0.5) is 0 Å². The van der Waals surface area contributed by atoms with Crippen molar-refractivity contribution in [3.05, 3.63) is 35.9 Å². The zero-order chi connectivity index (χ0) is 11.1. The third-order valence-corrected chi connectivity index (χ3v) is 2.35. The Bertz CT molecular complexity index is 421. The number of hydrogen-bond acceptors (Lipinski definition) is 1. The van der Waals surface area contributed by atoms with Crippen LogP contribution in [0.2, 0.25) is 0 Å². The predicted molar refractivity (Wildman–Crippen MR) is 60.6 cm³/mol. The predicted octanol–water partition coefficient (Wildman–Crippen LogP) is 2.49. The van der Waals surface area contributed by atoms with Gasteiger partial charge in [-0.15, -0.1) is 24.7 Å². The SMILES string of the molecule is C#CCC(C#N)(CC#C)c1ccccc1. The van der Waals surface area contributed by atoms with Gasteiger partial charge in [-0.25, -0.2) is 0 Å². The van der Waals surface area contributed by atoms with Crippen molar-refractivity contribution in [2.45, 2.75) is 18.3 Å². The molecule has 1 rings (SSSR count). The molecule has 0 aliphatic rings. The Morgan fingerprint density at radius 3 is 2.00 bits per heavy atom. The third kappa shape index (κ3) is 2.19. The lowest BCUT2D eigenvalue weighted by Gasteiger charge is -2.22. The number of benzene rings is 1. The zero-order valence-electron chi connectivity index (χ0n) is 8.40. The van der Waals surface area contributed by atoms with Gasteiger partial charge in [0.25, 0.3) is 0 Å². The van der Waals surface area contributed by atoms with E-state index < -0.39 is 5.41 Å². The highest BCUT2D eigenvalue weighted by Gasteiger charge is 2.30. The fourth-order valence-corrected chi connectivity index (χ4v) is 1.52. The molecule has 1 aromatic rings. The molecule has 15 heavy (non-hydrogen) atoms. The van der Waals surface area contributed by atoms with E-state index in [9.17, 15) is 5.26 Å². The molecule has 0 aliphatic heterocycles. The van der Waals surface area contributed by atoms with Gasteiger partial charge >= 0.3 is 0 Å². The van der Waals surface area contributed by atoms with Gasteiger partial charge in [-0.1, -0.05) is 30.3 Å². The Balaban J connectivity index is 3.19. The molecule has 0 bridgehead atoms. The topological polar surface area (TPSA) is 23.8 Å². The standard InChI is InChI=1S/C14H11N/c1-3-10-14(12-15,11-4-2)13-8-6-5-7-9-13/h1-2,5-9H,10-11H2. The molecule has 0 heterocycles. The maximum absolute atomic E-state index is 9.25. The first-order chi connectivity index (χ1) is 7.29. The van der Waals surface area contributed by atoms with Crippen molar-refractivity contribution >= 4 is 0 Å². The quantitative estimate of drug-likeness (QED) is 0.676. The van der Waals surface area contributed by atoms with Crippen molar-refractivity contribution in [1.82, 2.24) is 0 Å². The molecule has 0 saturated heterocycles. The highest BCUT2D eigenvalue weighted by Crippen LogP contribution is 2.30. The Morgan fingerprint density at radius 1 is 1.07 bits per heavy atom. The van der Waals surface area contributed by atoms with Gasteiger partial charge in [0.1, 0.15) is 5.41 Å². The van der Waals surface area contributed by atoms with E-state index in [0.717, 1.165) is 5.56 Å². The molecule has 0 amide bonds. The van der Waals surface area contributed by atoms with Crippen LogP contribution in [0.15, 0.2) is 30.3 Å². The smallest absolute Gasteiger partial charge is 0.104 e. The van der Waals surface area contributed by atoms with Gasteiger partial charge in [0, 0.05) is 12.8 Å². The first kappa shape index (κ1) is 10.9. The summed E-state index contributed by atoms with van der Waals surface area (Å²) >= 11 is 0. The van der Waals surface area contributed by atoms with Gasteiger partial charge in [0.15, 0.2) is 0 Å². The van der Waals surface area contributed by atoms with Crippen LogP contribution < -0.4 is 0 Å². The molecule has 0 fully saturated rings. The number of rotatable bonds is 3. The molecule has 0 spiro atoms. The Kier molecular flexibility index (Phi) is 3.56. The third-order valence-electron chi connectivity index (χ3n) is 2.35. The molecule has 72 valence electrons. The van der Waals surface area contributed by atoms with Crippen molar-refractivity contribution in [3.63, 3.8) is 0 Å². The molecule has 1 heteroatoms. The minimum atomic E-state index is -0.731. The van der Waals surface area contributed by atoms with Crippen LogP contribution in [-0.2, 0) is 5.41 Å². The van der Waals surface area contributed by atoms with Gasteiger partial charge in [0.05, 0.1) is 6.07 Å². The second-order valence-corrected chi connectivity index (χ2v) is 3.32. The molecule has 0 atom stereocenters. The summed E-state index contributed by atoms with van der Waals surface area (Å²) in [6.45, 7) is 0. The summed E-state index contributed by atoms with van der Waals surface area (Å²) in [5.41, 5.74) is 0.161. The molecule has 1 nitrogen and oxygen atoms in total. The molecule has 0 N–H and O–H groups in total. The summed E-state index contributed by atoms with van der Waals surface area (Å²) in [4.78, 5) is 0. The molecule has 0 unspecified atom stereocenters. The van der Waals surface area contributed by atoms with Crippen molar-refractivity contribution < 1.29 is 0 Å². The average molecular weight is 193 g/mol. The van der Waals surface area contributed by atoms with E-state index in [0.29, 0.717) is 12.8 Å². The fourth-order valence-electron chi connectivity index (χ4n) is 1.52. The average Bonchev–Trinajstić information content (AvgIpc) is 2.30. The molecule has 0 radical (unpaired) electrons. The van der Waals surface area contributed by atoms with Crippen LogP contribution in [-0.4, -0.2) is 0 Å². The summed E-state index contributed by atoms with van der Waals surface area (Å²) in [5, 5.41) is 9.25. The Labute approximate surface area is 90.7 Å². The van der Waals surface area contributed by atoms with E-state index >= 15 is 0 Å². The summed E-state index contributed by atoms with van der Waals surface area (Å²) in [6.07, 6.45) is 11.3. The van der Waals surface area contributed by atoms with Gasteiger partial charge in [0.2, 0.25) is 0 Å². The van der Waals surface area contributed by atoms with Gasteiger partial charge in [-0.2, -0.15) is 5.26 Å². The van der Waals surface area contributed by atoms with E-state index in [1.54, 1.807) is 0 Å². The number of hydrogen-bond donors (Lipinski definition) is 0. The first-order valence-corrected chi connectivity index (χ1v) is 4.63. The first-order valence-electron chi connectivity index (χ1n) is 4.63. The van der Waals surface area contributed by atoms with Crippen molar-refractivity contribution in [2.24, 2.45) is 0 Å². The molecule has 0 aliphatic carbocycles. The summed E-state index contributed by atoms with van der Waals surface area (Å²) in [7, 11) is 0. The maximum Gasteiger partial charge on any atom is 0.104 e. The summed E-state index contributed by atoms with van der Waals surface area (Å²) < 4.78 is 0. The minimum Gasteiger partial charge on any atom is -0.197 e. The second kappa shape index (κ2) is 4.90. The second-order valence-electron chi connectivity index (χ2n) is 3.32.